The van der Waals surface area contributed by atoms with Gasteiger partial charge in [0.25, 0.3) is 5.91 Å². The van der Waals surface area contributed by atoms with Crippen LogP contribution in [0.1, 0.15) is 46.6 Å². The number of nitrogens with one attached hydrogen (secondary N) is 1. The number of fused-ring (bicyclic) bond motifs is 1. The first kappa shape index (κ1) is 18.3. The van der Waals surface area contributed by atoms with Gasteiger partial charge in [0.2, 0.25) is 5.91 Å². The second kappa shape index (κ2) is 7.24. The summed E-state index contributed by atoms with van der Waals surface area (Å²) < 4.78 is 5.50. The van der Waals surface area contributed by atoms with Crippen molar-refractivity contribution in [2.45, 2.75) is 46.5 Å². The van der Waals surface area contributed by atoms with Crippen LogP contribution in [0.15, 0.2) is 18.2 Å². The van der Waals surface area contributed by atoms with Gasteiger partial charge in [0.05, 0.1) is 5.69 Å². The van der Waals surface area contributed by atoms with Crippen LogP contribution in [0.2, 0.25) is 0 Å². The minimum absolute atomic E-state index is 0.0266. The molecule has 0 aliphatic carbocycles. The molecule has 2 rings (SSSR count). The van der Waals surface area contributed by atoms with Crippen molar-refractivity contribution >= 4 is 17.5 Å². The molecule has 0 bridgehead atoms. The summed E-state index contributed by atoms with van der Waals surface area (Å²) >= 11 is 0. The summed E-state index contributed by atoms with van der Waals surface area (Å²) in [5.74, 6) is 0.855. The first-order chi connectivity index (χ1) is 11.2. The van der Waals surface area contributed by atoms with Gasteiger partial charge in [-0.3, -0.25) is 14.5 Å². The number of nitrogens with zero attached hydrogens (tertiary/aromatic N) is 1. The van der Waals surface area contributed by atoms with Gasteiger partial charge in [0, 0.05) is 6.54 Å². The molecule has 1 aromatic carbocycles. The Bertz CT molecular complexity index is 618. The van der Waals surface area contributed by atoms with Gasteiger partial charge in [-0.05, 0) is 35.4 Å². The minimum Gasteiger partial charge on any atom is -0.482 e. The number of hydrogen-bond donors (Lipinski definition) is 1. The molecule has 0 saturated heterocycles. The molecule has 0 unspecified atom stereocenters. The van der Waals surface area contributed by atoms with E-state index >= 15 is 0 Å². The molecule has 2 amide bonds. The summed E-state index contributed by atoms with van der Waals surface area (Å²) in [7, 11) is 0. The molecule has 0 radical (unpaired) electrons. The maximum atomic E-state index is 12.3. The van der Waals surface area contributed by atoms with Crippen LogP contribution in [0, 0.1) is 5.92 Å². The summed E-state index contributed by atoms with van der Waals surface area (Å²) in [6.07, 6.45) is 0.924. The van der Waals surface area contributed by atoms with E-state index < -0.39 is 0 Å². The topological polar surface area (TPSA) is 58.6 Å². The molecular formula is C19H28N2O3. The van der Waals surface area contributed by atoms with Crippen LogP contribution >= 0.6 is 0 Å². The maximum absolute atomic E-state index is 12.3. The molecule has 0 fully saturated rings. The van der Waals surface area contributed by atoms with Crippen molar-refractivity contribution < 1.29 is 14.3 Å². The third-order valence-corrected chi connectivity index (χ3v) is 4.11. The fourth-order valence-corrected chi connectivity index (χ4v) is 2.54. The average Bonchev–Trinajstić information content (AvgIpc) is 2.48. The molecule has 1 N–H and O–H groups in total. The zero-order chi connectivity index (χ0) is 17.9. The largest absolute Gasteiger partial charge is 0.482 e. The minimum atomic E-state index is -0.187. The fraction of sp³-hybridized carbons (Fsp3) is 0.579. The predicted molar refractivity (Wildman–Crippen MR) is 95.5 cm³/mol. The number of rotatable bonds is 5. The van der Waals surface area contributed by atoms with E-state index in [1.807, 2.05) is 18.2 Å². The normalized spacial score (nSPS) is 14.4. The highest BCUT2D eigenvalue weighted by Crippen LogP contribution is 2.36. The first-order valence-electron chi connectivity index (χ1n) is 8.53. The van der Waals surface area contributed by atoms with Gasteiger partial charge in [0.15, 0.2) is 6.61 Å². The lowest BCUT2D eigenvalue weighted by molar-refractivity contribution is -0.125. The SMILES string of the molecule is CC(C)CCNC(=O)CN1C(=O)COc2ccc(C(C)(C)C)cc21. The van der Waals surface area contributed by atoms with Crippen LogP contribution in [0.3, 0.4) is 0 Å². The van der Waals surface area contributed by atoms with Gasteiger partial charge >= 0.3 is 0 Å². The lowest BCUT2D eigenvalue weighted by Gasteiger charge is -2.31. The van der Waals surface area contributed by atoms with Crippen LogP contribution in [0.5, 0.6) is 5.75 Å². The van der Waals surface area contributed by atoms with Crippen LogP contribution in [0.4, 0.5) is 5.69 Å². The van der Waals surface area contributed by atoms with Crippen molar-refractivity contribution in [1.29, 1.82) is 0 Å². The second-order valence-electron chi connectivity index (χ2n) is 7.73. The van der Waals surface area contributed by atoms with E-state index in [0.717, 1.165) is 12.0 Å². The van der Waals surface area contributed by atoms with Crippen LogP contribution in [-0.2, 0) is 15.0 Å². The zero-order valence-corrected chi connectivity index (χ0v) is 15.3. The summed E-state index contributed by atoms with van der Waals surface area (Å²) in [6, 6.07) is 5.84. The zero-order valence-electron chi connectivity index (χ0n) is 15.3. The van der Waals surface area contributed by atoms with Crippen molar-refractivity contribution in [3.8, 4) is 5.75 Å². The van der Waals surface area contributed by atoms with Gasteiger partial charge in [-0.1, -0.05) is 40.7 Å². The summed E-state index contributed by atoms with van der Waals surface area (Å²) in [4.78, 5) is 26.0. The number of benzene rings is 1. The molecule has 0 saturated carbocycles. The quantitative estimate of drug-likeness (QED) is 0.902. The third kappa shape index (κ3) is 4.49. The molecule has 1 aliphatic rings. The molecule has 5 heteroatoms. The smallest absolute Gasteiger partial charge is 0.265 e. The Labute approximate surface area is 144 Å². The van der Waals surface area contributed by atoms with E-state index in [1.54, 1.807) is 0 Å². The highest BCUT2D eigenvalue weighted by atomic mass is 16.5. The molecule has 1 aromatic rings. The Morgan fingerprint density at radius 1 is 1.33 bits per heavy atom. The lowest BCUT2D eigenvalue weighted by atomic mass is 9.86. The number of carbonyl (C=O) groups excluding carboxylic acids is 2. The molecule has 0 aromatic heterocycles. The molecule has 24 heavy (non-hydrogen) atoms. The highest BCUT2D eigenvalue weighted by molar-refractivity contribution is 6.02. The Morgan fingerprint density at radius 3 is 2.67 bits per heavy atom. The molecule has 132 valence electrons. The first-order valence-corrected chi connectivity index (χ1v) is 8.53. The van der Waals surface area contributed by atoms with Gasteiger partial charge < -0.3 is 10.1 Å². The standard InChI is InChI=1S/C19H28N2O3/c1-13(2)8-9-20-17(22)11-21-15-10-14(19(3,4)5)6-7-16(15)24-12-18(21)23/h6-7,10,13H,8-9,11-12H2,1-5H3,(H,20,22). The number of anilines is 1. The van der Waals surface area contributed by atoms with Crippen molar-refractivity contribution in [3.05, 3.63) is 23.8 Å². The number of ether oxygens (including phenoxy) is 1. The van der Waals surface area contributed by atoms with Gasteiger partial charge in [0.1, 0.15) is 12.3 Å². The molecule has 1 aliphatic heterocycles. The molecule has 1 heterocycles. The van der Waals surface area contributed by atoms with Crippen LogP contribution < -0.4 is 15.0 Å². The summed E-state index contributed by atoms with van der Waals surface area (Å²) in [5, 5.41) is 2.88. The lowest BCUT2D eigenvalue weighted by Crippen LogP contribution is -2.45. The maximum Gasteiger partial charge on any atom is 0.265 e. The van der Waals surface area contributed by atoms with Gasteiger partial charge in [-0.2, -0.15) is 0 Å². The van der Waals surface area contributed by atoms with Gasteiger partial charge in [-0.15, -0.1) is 0 Å². The van der Waals surface area contributed by atoms with Crippen molar-refractivity contribution in [2.24, 2.45) is 5.92 Å². The average molecular weight is 332 g/mol. The third-order valence-electron chi connectivity index (χ3n) is 4.11. The number of amides is 2. The Morgan fingerprint density at radius 2 is 2.04 bits per heavy atom. The predicted octanol–water partition coefficient (Wildman–Crippen LogP) is 2.87. The van der Waals surface area contributed by atoms with E-state index in [2.05, 4.69) is 39.9 Å². The van der Waals surface area contributed by atoms with Crippen molar-refractivity contribution in [1.82, 2.24) is 5.32 Å². The van der Waals surface area contributed by atoms with E-state index in [1.165, 1.54) is 4.90 Å². The van der Waals surface area contributed by atoms with E-state index in [0.29, 0.717) is 23.9 Å². The highest BCUT2D eigenvalue weighted by Gasteiger charge is 2.28. The second-order valence-corrected chi connectivity index (χ2v) is 7.73. The Kier molecular flexibility index (Phi) is 5.52. The molecule has 0 atom stereocenters. The van der Waals surface area contributed by atoms with E-state index in [9.17, 15) is 9.59 Å². The number of hydrogen-bond acceptors (Lipinski definition) is 3. The molecule has 5 nitrogen and oxygen atoms in total. The molecule has 0 spiro atoms. The van der Waals surface area contributed by atoms with Crippen LogP contribution in [-0.4, -0.2) is 31.5 Å². The summed E-state index contributed by atoms with van der Waals surface area (Å²) in [6.45, 7) is 11.2. The van der Waals surface area contributed by atoms with E-state index in [-0.39, 0.29) is 30.4 Å². The van der Waals surface area contributed by atoms with E-state index in [4.69, 9.17) is 4.74 Å². The van der Waals surface area contributed by atoms with Crippen LogP contribution in [0.25, 0.3) is 0 Å². The fourth-order valence-electron chi connectivity index (χ4n) is 2.54. The number of carbonyl (C=O) groups is 2. The molecular weight excluding hydrogens is 304 g/mol. The summed E-state index contributed by atoms with van der Waals surface area (Å²) in [5.41, 5.74) is 1.74. The van der Waals surface area contributed by atoms with Crippen molar-refractivity contribution in [3.63, 3.8) is 0 Å². The Hall–Kier alpha value is -2.04. The van der Waals surface area contributed by atoms with Crippen molar-refractivity contribution in [2.75, 3.05) is 24.6 Å². The van der Waals surface area contributed by atoms with Gasteiger partial charge in [-0.25, -0.2) is 0 Å². The monoisotopic (exact) mass is 332 g/mol. The Balaban J connectivity index is 2.16.